The lowest BCUT2D eigenvalue weighted by molar-refractivity contribution is 0.0744. The van der Waals surface area contributed by atoms with Gasteiger partial charge in [0.1, 0.15) is 22.9 Å². The van der Waals surface area contributed by atoms with Crippen LogP contribution in [0, 0.1) is 20.8 Å². The predicted molar refractivity (Wildman–Crippen MR) is 117 cm³/mol. The molecule has 0 radical (unpaired) electrons. The monoisotopic (exact) mass is 422 g/mol. The van der Waals surface area contributed by atoms with Crippen molar-refractivity contribution in [2.45, 2.75) is 20.8 Å². The van der Waals surface area contributed by atoms with E-state index in [1.807, 2.05) is 42.2 Å². The average molecular weight is 422 g/mol. The molecule has 2 aromatic heterocycles. The predicted octanol–water partition coefficient (Wildman–Crippen LogP) is 3.10. The summed E-state index contributed by atoms with van der Waals surface area (Å²) in [6.45, 7) is 7.98. The second kappa shape index (κ2) is 8.63. The van der Waals surface area contributed by atoms with Gasteiger partial charge in [-0.25, -0.2) is 4.98 Å². The molecule has 9 nitrogen and oxygen atoms in total. The summed E-state index contributed by atoms with van der Waals surface area (Å²) in [7, 11) is 1.64. The number of aryl methyl sites for hydroxylation is 3. The molecule has 31 heavy (non-hydrogen) atoms. The van der Waals surface area contributed by atoms with Crippen molar-refractivity contribution in [2.75, 3.05) is 43.5 Å². The van der Waals surface area contributed by atoms with Crippen LogP contribution in [0.3, 0.4) is 0 Å². The van der Waals surface area contributed by atoms with Crippen molar-refractivity contribution in [3.05, 3.63) is 53.0 Å². The van der Waals surface area contributed by atoms with Gasteiger partial charge in [-0.2, -0.15) is 4.98 Å². The van der Waals surface area contributed by atoms with Crippen molar-refractivity contribution < 1.29 is 14.1 Å². The normalized spacial score (nSPS) is 13.9. The van der Waals surface area contributed by atoms with Gasteiger partial charge in [0.2, 0.25) is 5.95 Å². The number of carbonyl (C=O) groups excluding carboxylic acids is 1. The molecule has 0 unspecified atom stereocenters. The van der Waals surface area contributed by atoms with Gasteiger partial charge in [-0.3, -0.25) is 4.79 Å². The number of methoxy groups -OCH3 is 1. The average Bonchev–Trinajstić information content (AvgIpc) is 3.11. The Kier molecular flexibility index (Phi) is 5.75. The summed E-state index contributed by atoms with van der Waals surface area (Å²) in [5, 5.41) is 7.21. The highest BCUT2D eigenvalue weighted by molar-refractivity contribution is 5.96. The zero-order valence-corrected chi connectivity index (χ0v) is 18.2. The zero-order valence-electron chi connectivity index (χ0n) is 18.2. The maximum atomic E-state index is 12.9. The number of anilines is 3. The molecule has 1 aliphatic rings. The lowest BCUT2D eigenvalue weighted by Gasteiger charge is -2.34. The molecule has 4 rings (SSSR count). The Morgan fingerprint density at radius 2 is 1.77 bits per heavy atom. The zero-order chi connectivity index (χ0) is 22.0. The first-order chi connectivity index (χ1) is 14.9. The molecule has 0 saturated carbocycles. The highest BCUT2D eigenvalue weighted by atomic mass is 16.5. The minimum Gasteiger partial charge on any atom is -0.497 e. The second-order valence-electron chi connectivity index (χ2n) is 7.53. The van der Waals surface area contributed by atoms with Crippen LogP contribution in [0.25, 0.3) is 0 Å². The number of carbonyl (C=O) groups is 1. The summed E-state index contributed by atoms with van der Waals surface area (Å²) in [4.78, 5) is 26.1. The summed E-state index contributed by atoms with van der Waals surface area (Å²) in [5.41, 5.74) is 2.97. The van der Waals surface area contributed by atoms with Crippen LogP contribution in [0.5, 0.6) is 5.75 Å². The van der Waals surface area contributed by atoms with Crippen molar-refractivity contribution in [3.8, 4) is 5.75 Å². The molecule has 3 heterocycles. The number of amides is 1. The van der Waals surface area contributed by atoms with Crippen molar-refractivity contribution >= 4 is 23.4 Å². The van der Waals surface area contributed by atoms with Crippen molar-refractivity contribution in [2.24, 2.45) is 0 Å². The maximum Gasteiger partial charge on any atom is 0.259 e. The van der Waals surface area contributed by atoms with Gasteiger partial charge < -0.3 is 24.4 Å². The third-order valence-electron chi connectivity index (χ3n) is 5.30. The molecule has 0 bridgehead atoms. The van der Waals surface area contributed by atoms with Crippen molar-refractivity contribution in [1.82, 2.24) is 20.0 Å². The van der Waals surface area contributed by atoms with Gasteiger partial charge in [0.05, 0.1) is 12.8 Å². The van der Waals surface area contributed by atoms with Gasteiger partial charge in [0.25, 0.3) is 5.91 Å². The Labute approximate surface area is 181 Å². The van der Waals surface area contributed by atoms with E-state index in [9.17, 15) is 4.79 Å². The van der Waals surface area contributed by atoms with Gasteiger partial charge in [-0.15, -0.1) is 0 Å². The van der Waals surface area contributed by atoms with Gasteiger partial charge in [-0.1, -0.05) is 5.16 Å². The van der Waals surface area contributed by atoms with E-state index in [1.54, 1.807) is 21.0 Å². The number of nitrogens with zero attached hydrogens (tertiary/aromatic N) is 5. The van der Waals surface area contributed by atoms with E-state index in [4.69, 9.17) is 9.26 Å². The summed E-state index contributed by atoms with van der Waals surface area (Å²) in [5.74, 6) is 2.69. The fraction of sp³-hybridized carbons (Fsp3) is 0.364. The molecular weight excluding hydrogens is 396 g/mol. The fourth-order valence-electron chi connectivity index (χ4n) is 3.64. The summed E-state index contributed by atoms with van der Waals surface area (Å²) < 4.78 is 10.3. The quantitative estimate of drug-likeness (QED) is 0.670. The lowest BCUT2D eigenvalue weighted by atomic mass is 10.1. The van der Waals surface area contributed by atoms with Gasteiger partial charge in [0, 0.05) is 43.6 Å². The largest absolute Gasteiger partial charge is 0.497 e. The Balaban J connectivity index is 1.44. The summed E-state index contributed by atoms with van der Waals surface area (Å²) in [6, 6.07) is 9.58. The van der Waals surface area contributed by atoms with Crippen LogP contribution in [0.2, 0.25) is 0 Å². The molecule has 1 fully saturated rings. The van der Waals surface area contributed by atoms with Crippen LogP contribution >= 0.6 is 0 Å². The van der Waals surface area contributed by atoms with Gasteiger partial charge >= 0.3 is 0 Å². The van der Waals surface area contributed by atoms with E-state index >= 15 is 0 Å². The van der Waals surface area contributed by atoms with Crippen LogP contribution < -0.4 is 15.0 Å². The van der Waals surface area contributed by atoms with Crippen LogP contribution in [0.4, 0.5) is 17.5 Å². The van der Waals surface area contributed by atoms with Crippen LogP contribution in [0.15, 0.2) is 34.9 Å². The Bertz CT molecular complexity index is 1050. The first kappa shape index (κ1) is 20.6. The minimum absolute atomic E-state index is 0.0390. The number of aromatic nitrogens is 3. The minimum atomic E-state index is -0.0390. The van der Waals surface area contributed by atoms with Crippen LogP contribution in [-0.4, -0.2) is 59.2 Å². The highest BCUT2D eigenvalue weighted by Gasteiger charge is 2.27. The molecule has 0 atom stereocenters. The molecule has 1 aromatic carbocycles. The van der Waals surface area contributed by atoms with E-state index < -0.39 is 0 Å². The van der Waals surface area contributed by atoms with Crippen molar-refractivity contribution in [1.29, 1.82) is 0 Å². The molecule has 0 aliphatic carbocycles. The molecule has 1 N–H and O–H groups in total. The standard InChI is InChI=1S/C22H26N6O3/c1-14-13-19(24-17-5-7-18(30-4)8-6-17)25-22(23-14)28-11-9-27(10-12-28)21(29)20-15(2)26-31-16(20)3/h5-8,13H,9-12H2,1-4H3,(H,23,24,25). The first-order valence-corrected chi connectivity index (χ1v) is 10.2. The topological polar surface area (TPSA) is 96.6 Å². The van der Waals surface area contributed by atoms with E-state index in [0.29, 0.717) is 49.1 Å². The number of nitrogens with one attached hydrogen (secondary N) is 1. The molecule has 1 aliphatic heterocycles. The molecule has 3 aromatic rings. The number of benzene rings is 1. The van der Waals surface area contributed by atoms with Crippen molar-refractivity contribution in [3.63, 3.8) is 0 Å². The second-order valence-corrected chi connectivity index (χ2v) is 7.53. The Hall–Kier alpha value is -3.62. The highest BCUT2D eigenvalue weighted by Crippen LogP contribution is 2.22. The SMILES string of the molecule is COc1ccc(Nc2cc(C)nc(N3CCN(C(=O)c4c(C)noc4C)CC3)n2)cc1. The summed E-state index contributed by atoms with van der Waals surface area (Å²) in [6.07, 6.45) is 0. The van der Waals surface area contributed by atoms with E-state index in [1.165, 1.54) is 0 Å². The first-order valence-electron chi connectivity index (χ1n) is 10.2. The van der Waals surface area contributed by atoms with E-state index in [2.05, 4.69) is 25.3 Å². The number of piperazine rings is 1. The molecule has 9 heteroatoms. The number of rotatable bonds is 5. The molecule has 0 spiro atoms. The van der Waals surface area contributed by atoms with Crippen LogP contribution in [-0.2, 0) is 0 Å². The van der Waals surface area contributed by atoms with Crippen LogP contribution in [0.1, 0.15) is 27.5 Å². The lowest BCUT2D eigenvalue weighted by Crippen LogP contribution is -2.49. The smallest absolute Gasteiger partial charge is 0.259 e. The van der Waals surface area contributed by atoms with E-state index in [-0.39, 0.29) is 5.91 Å². The third-order valence-corrected chi connectivity index (χ3v) is 5.30. The number of hydrogen-bond donors (Lipinski definition) is 1. The maximum absolute atomic E-state index is 12.9. The molecule has 162 valence electrons. The fourth-order valence-corrected chi connectivity index (χ4v) is 3.64. The van der Waals surface area contributed by atoms with Gasteiger partial charge in [0.15, 0.2) is 0 Å². The molecular formula is C22H26N6O3. The number of ether oxygens (including phenoxy) is 1. The summed E-state index contributed by atoms with van der Waals surface area (Å²) >= 11 is 0. The molecule has 1 saturated heterocycles. The Morgan fingerprint density at radius 3 is 2.39 bits per heavy atom. The molecule has 1 amide bonds. The van der Waals surface area contributed by atoms with E-state index in [0.717, 1.165) is 22.9 Å². The Morgan fingerprint density at radius 1 is 1.06 bits per heavy atom. The van der Waals surface area contributed by atoms with Gasteiger partial charge in [-0.05, 0) is 45.0 Å². The number of hydrogen-bond acceptors (Lipinski definition) is 8. The third kappa shape index (κ3) is 4.45.